The molecule has 2 heterocycles. The van der Waals surface area contributed by atoms with E-state index in [0.717, 1.165) is 24.6 Å². The topological polar surface area (TPSA) is 41.6 Å². The van der Waals surface area contributed by atoms with Gasteiger partial charge in [0.05, 0.1) is 12.7 Å². The third-order valence-electron chi connectivity index (χ3n) is 3.69. The maximum Gasteiger partial charge on any atom is 0.0854 e. The lowest BCUT2D eigenvalue weighted by atomic mass is 9.84. The van der Waals surface area contributed by atoms with Gasteiger partial charge in [-0.25, -0.2) is 0 Å². The van der Waals surface area contributed by atoms with Crippen molar-refractivity contribution in [2.75, 3.05) is 13.7 Å². The van der Waals surface area contributed by atoms with Gasteiger partial charge in [0.1, 0.15) is 0 Å². The Morgan fingerprint density at radius 1 is 1.42 bits per heavy atom. The number of rotatable bonds is 1. The van der Waals surface area contributed by atoms with Crippen LogP contribution in [0.4, 0.5) is 0 Å². The van der Waals surface area contributed by atoms with Gasteiger partial charge in [-0.2, -0.15) is 0 Å². The minimum atomic E-state index is 0.422. The van der Waals surface area contributed by atoms with E-state index in [9.17, 15) is 0 Å². The molecule has 0 spiro atoms. The van der Waals surface area contributed by atoms with Crippen LogP contribution in [0.2, 0.25) is 0 Å². The molecule has 0 bridgehead atoms. The van der Waals surface area contributed by atoms with Crippen molar-refractivity contribution in [1.82, 2.24) is 4.90 Å². The van der Waals surface area contributed by atoms with E-state index in [4.69, 9.17) is 10.5 Å². The van der Waals surface area contributed by atoms with Gasteiger partial charge in [0.2, 0.25) is 0 Å². The first-order valence-electron chi connectivity index (χ1n) is 4.86. The standard InChI is InChI=1S/C9H16N2O/c1-11-7-3-5(10)2-6(9(7)11)8-4-12-8/h5-9H,2-4,10H2,1H3/t5?,6-,7-,8?,9+,11?/m0/s1. The van der Waals surface area contributed by atoms with Crippen LogP contribution in [0.1, 0.15) is 12.8 Å². The first-order valence-corrected chi connectivity index (χ1v) is 4.86. The average molecular weight is 168 g/mol. The van der Waals surface area contributed by atoms with Crippen LogP contribution in [0.25, 0.3) is 0 Å². The van der Waals surface area contributed by atoms with E-state index in [2.05, 4.69) is 11.9 Å². The summed E-state index contributed by atoms with van der Waals surface area (Å²) in [7, 11) is 2.21. The predicted molar refractivity (Wildman–Crippen MR) is 45.8 cm³/mol. The zero-order chi connectivity index (χ0) is 8.29. The fourth-order valence-corrected chi connectivity index (χ4v) is 2.89. The molecule has 2 N–H and O–H groups in total. The smallest absolute Gasteiger partial charge is 0.0854 e. The molecule has 3 fully saturated rings. The Hall–Kier alpha value is -0.120. The number of nitrogens with two attached hydrogens (primary N) is 1. The molecule has 3 unspecified atom stereocenters. The molecule has 3 rings (SSSR count). The van der Waals surface area contributed by atoms with Crippen molar-refractivity contribution >= 4 is 0 Å². The Bertz CT molecular complexity index is 205. The first-order chi connectivity index (χ1) is 5.77. The molecular weight excluding hydrogens is 152 g/mol. The predicted octanol–water partition coefficient (Wildman–Crippen LogP) is -0.195. The second-order valence-corrected chi connectivity index (χ2v) is 4.49. The van der Waals surface area contributed by atoms with Gasteiger partial charge in [-0.1, -0.05) is 0 Å². The SMILES string of the molecule is CN1[C@@H]2[C@H](C3CO3)CC(N)C[C@@H]21. The molecule has 0 aromatic carbocycles. The number of nitrogens with zero attached hydrogens (tertiary/aromatic N) is 1. The maximum absolute atomic E-state index is 5.99. The highest BCUT2D eigenvalue weighted by molar-refractivity contribution is 5.12. The summed E-state index contributed by atoms with van der Waals surface area (Å²) in [6, 6.07) is 2.01. The summed E-state index contributed by atoms with van der Waals surface area (Å²) in [5.41, 5.74) is 5.99. The molecule has 3 heteroatoms. The molecule has 3 nitrogen and oxygen atoms in total. The Morgan fingerprint density at radius 2 is 2.17 bits per heavy atom. The first kappa shape index (κ1) is 7.30. The minimum absolute atomic E-state index is 0.422. The lowest BCUT2D eigenvalue weighted by Gasteiger charge is -2.22. The number of fused-ring (bicyclic) bond motifs is 1. The molecule has 1 aliphatic carbocycles. The van der Waals surface area contributed by atoms with Crippen molar-refractivity contribution in [2.24, 2.45) is 11.7 Å². The quantitative estimate of drug-likeness (QED) is 0.552. The minimum Gasteiger partial charge on any atom is -0.373 e. The van der Waals surface area contributed by atoms with E-state index in [0.29, 0.717) is 12.1 Å². The van der Waals surface area contributed by atoms with E-state index < -0.39 is 0 Å². The van der Waals surface area contributed by atoms with Crippen LogP contribution in [-0.2, 0) is 4.74 Å². The molecule has 12 heavy (non-hydrogen) atoms. The summed E-state index contributed by atoms with van der Waals surface area (Å²) in [6.45, 7) is 0.981. The average Bonchev–Trinajstić information content (AvgIpc) is 2.88. The van der Waals surface area contributed by atoms with Crippen molar-refractivity contribution in [1.29, 1.82) is 0 Å². The third kappa shape index (κ3) is 0.934. The lowest BCUT2D eigenvalue weighted by Crippen LogP contribution is -2.35. The number of epoxide rings is 1. The summed E-state index contributed by atoms with van der Waals surface area (Å²) in [6.07, 6.45) is 2.93. The molecule has 1 saturated carbocycles. The largest absolute Gasteiger partial charge is 0.373 e. The second-order valence-electron chi connectivity index (χ2n) is 4.49. The zero-order valence-corrected chi connectivity index (χ0v) is 7.44. The van der Waals surface area contributed by atoms with Crippen LogP contribution in [0.5, 0.6) is 0 Å². The number of hydrogen-bond donors (Lipinski definition) is 1. The molecule has 3 aliphatic rings. The van der Waals surface area contributed by atoms with Crippen LogP contribution >= 0.6 is 0 Å². The Morgan fingerprint density at radius 3 is 2.83 bits per heavy atom. The van der Waals surface area contributed by atoms with Crippen LogP contribution < -0.4 is 5.73 Å². The van der Waals surface area contributed by atoms with Crippen LogP contribution in [-0.4, -0.2) is 42.8 Å². The van der Waals surface area contributed by atoms with Crippen LogP contribution in [0, 0.1) is 5.92 Å². The molecule has 0 aromatic rings. The number of hydrogen-bond acceptors (Lipinski definition) is 3. The van der Waals surface area contributed by atoms with Crippen LogP contribution in [0.15, 0.2) is 0 Å². The van der Waals surface area contributed by atoms with Crippen molar-refractivity contribution in [3.8, 4) is 0 Å². The van der Waals surface area contributed by atoms with Crippen molar-refractivity contribution in [2.45, 2.75) is 37.1 Å². The molecule has 68 valence electrons. The zero-order valence-electron chi connectivity index (χ0n) is 7.44. The molecule has 6 atom stereocenters. The Labute approximate surface area is 72.9 Å². The molecule has 0 radical (unpaired) electrons. The van der Waals surface area contributed by atoms with Gasteiger partial charge in [-0.05, 0) is 19.9 Å². The van der Waals surface area contributed by atoms with Gasteiger partial charge in [0, 0.05) is 24.0 Å². The van der Waals surface area contributed by atoms with Gasteiger partial charge in [0.15, 0.2) is 0 Å². The third-order valence-corrected chi connectivity index (χ3v) is 3.69. The Balaban J connectivity index is 1.75. The van der Waals surface area contributed by atoms with Crippen molar-refractivity contribution in [3.05, 3.63) is 0 Å². The number of ether oxygens (including phenoxy) is 1. The molecular formula is C9H16N2O. The molecule has 0 aromatic heterocycles. The van der Waals surface area contributed by atoms with Gasteiger partial charge >= 0.3 is 0 Å². The number of likely N-dealkylation sites (N-methyl/N-ethyl adjacent to an activating group) is 1. The van der Waals surface area contributed by atoms with Gasteiger partial charge in [-0.15, -0.1) is 0 Å². The van der Waals surface area contributed by atoms with Crippen molar-refractivity contribution in [3.63, 3.8) is 0 Å². The molecule has 0 amide bonds. The van der Waals surface area contributed by atoms with Gasteiger partial charge in [0.25, 0.3) is 0 Å². The summed E-state index contributed by atoms with van der Waals surface area (Å²) in [4.78, 5) is 2.46. The van der Waals surface area contributed by atoms with Crippen LogP contribution in [0.3, 0.4) is 0 Å². The summed E-state index contributed by atoms with van der Waals surface area (Å²) < 4.78 is 5.36. The molecule has 2 saturated heterocycles. The van der Waals surface area contributed by atoms with Gasteiger partial charge in [-0.3, -0.25) is 4.90 Å². The molecule has 2 aliphatic heterocycles. The van der Waals surface area contributed by atoms with E-state index in [1.807, 2.05) is 0 Å². The highest BCUT2D eigenvalue weighted by Gasteiger charge is 2.57. The monoisotopic (exact) mass is 168 g/mol. The summed E-state index contributed by atoms with van der Waals surface area (Å²) in [5.74, 6) is 0.740. The lowest BCUT2D eigenvalue weighted by molar-refractivity contribution is 0.268. The van der Waals surface area contributed by atoms with E-state index in [1.54, 1.807) is 0 Å². The van der Waals surface area contributed by atoms with E-state index >= 15 is 0 Å². The highest BCUT2D eigenvalue weighted by Crippen LogP contribution is 2.46. The van der Waals surface area contributed by atoms with E-state index in [-0.39, 0.29) is 0 Å². The summed E-state index contributed by atoms with van der Waals surface area (Å²) >= 11 is 0. The number of likely N-dealkylation sites (tertiary alicyclic amines) is 1. The summed E-state index contributed by atoms with van der Waals surface area (Å²) in [5, 5.41) is 0. The Kier molecular flexibility index (Phi) is 1.35. The second kappa shape index (κ2) is 2.22. The van der Waals surface area contributed by atoms with E-state index in [1.165, 1.54) is 12.8 Å². The van der Waals surface area contributed by atoms with Gasteiger partial charge < -0.3 is 10.5 Å². The highest BCUT2D eigenvalue weighted by atomic mass is 16.6. The fourth-order valence-electron chi connectivity index (χ4n) is 2.89. The normalized spacial score (nSPS) is 62.5. The van der Waals surface area contributed by atoms with Crippen molar-refractivity contribution < 1.29 is 4.74 Å². The maximum atomic E-state index is 5.99. The fraction of sp³-hybridized carbons (Fsp3) is 1.00.